The van der Waals surface area contributed by atoms with Crippen molar-refractivity contribution in [3.05, 3.63) is 82.0 Å². The average Bonchev–Trinajstić information content (AvgIpc) is 3.22. The number of rotatable bonds is 6. The van der Waals surface area contributed by atoms with Crippen LogP contribution < -0.4 is 10.1 Å². The van der Waals surface area contributed by atoms with E-state index in [1.807, 2.05) is 53.9 Å². The number of fused-ring (bicyclic) bond motifs is 2. The van der Waals surface area contributed by atoms with Crippen molar-refractivity contribution in [1.29, 1.82) is 0 Å². The lowest BCUT2D eigenvalue weighted by atomic mass is 9.87. The lowest BCUT2D eigenvalue weighted by Gasteiger charge is -2.28. The van der Waals surface area contributed by atoms with Crippen LogP contribution in [0.2, 0.25) is 0 Å². The highest BCUT2D eigenvalue weighted by Gasteiger charge is 2.32. The van der Waals surface area contributed by atoms with Crippen LogP contribution in [0, 0.1) is 5.92 Å². The second-order valence-corrected chi connectivity index (χ2v) is 7.52. The summed E-state index contributed by atoms with van der Waals surface area (Å²) in [5, 5.41) is 16.8. The molecule has 0 bridgehead atoms. The second kappa shape index (κ2) is 7.94. The average molecular weight is 379 g/mol. The van der Waals surface area contributed by atoms with Crippen LogP contribution in [0.1, 0.15) is 22.6 Å². The van der Waals surface area contributed by atoms with Crippen molar-refractivity contribution in [2.24, 2.45) is 5.92 Å². The van der Waals surface area contributed by atoms with E-state index >= 15 is 0 Å². The van der Waals surface area contributed by atoms with Gasteiger partial charge in [0.1, 0.15) is 11.5 Å². The van der Waals surface area contributed by atoms with Crippen LogP contribution in [0.4, 0.5) is 0 Å². The van der Waals surface area contributed by atoms with Gasteiger partial charge in [-0.25, -0.2) is 0 Å². The SMILES string of the molecule is O=C(NC[C@H](CO)Cc1ccsc1)C1c2ccccc2Oc2ccccc21. The quantitative estimate of drug-likeness (QED) is 0.682. The summed E-state index contributed by atoms with van der Waals surface area (Å²) in [5.41, 5.74) is 2.93. The fraction of sp³-hybridized carbons (Fsp3) is 0.227. The van der Waals surface area contributed by atoms with Crippen LogP contribution in [-0.4, -0.2) is 24.2 Å². The molecule has 0 unspecified atom stereocenters. The molecule has 27 heavy (non-hydrogen) atoms. The van der Waals surface area contributed by atoms with Gasteiger partial charge in [0, 0.05) is 30.2 Å². The number of nitrogens with one attached hydrogen (secondary N) is 1. The molecule has 5 heteroatoms. The fourth-order valence-electron chi connectivity index (χ4n) is 3.48. The molecule has 3 aromatic rings. The van der Waals surface area contributed by atoms with Crippen molar-refractivity contribution in [3.63, 3.8) is 0 Å². The van der Waals surface area contributed by atoms with Crippen LogP contribution >= 0.6 is 11.3 Å². The van der Waals surface area contributed by atoms with Gasteiger partial charge >= 0.3 is 0 Å². The number of hydrogen-bond acceptors (Lipinski definition) is 4. The highest BCUT2D eigenvalue weighted by atomic mass is 32.1. The lowest BCUT2D eigenvalue weighted by Crippen LogP contribution is -2.36. The summed E-state index contributed by atoms with van der Waals surface area (Å²) in [6, 6.07) is 17.4. The van der Waals surface area contributed by atoms with Crippen LogP contribution in [0.15, 0.2) is 65.4 Å². The summed E-state index contributed by atoms with van der Waals surface area (Å²) < 4.78 is 5.96. The predicted octanol–water partition coefficient (Wildman–Crippen LogP) is 3.95. The molecule has 2 aromatic carbocycles. The third-order valence-corrected chi connectivity index (χ3v) is 5.60. The molecular formula is C22H21NO3S. The minimum absolute atomic E-state index is 0.00567. The van der Waals surface area contributed by atoms with E-state index < -0.39 is 5.92 Å². The molecule has 2 N–H and O–H groups in total. The molecule has 0 saturated heterocycles. The Morgan fingerprint density at radius 2 is 1.74 bits per heavy atom. The predicted molar refractivity (Wildman–Crippen MR) is 106 cm³/mol. The maximum atomic E-state index is 13.1. The summed E-state index contributed by atoms with van der Waals surface area (Å²) in [7, 11) is 0. The molecule has 1 atom stereocenters. The number of aliphatic hydroxyl groups is 1. The number of ether oxygens (including phenoxy) is 1. The van der Waals surface area contributed by atoms with Crippen LogP contribution in [0.5, 0.6) is 11.5 Å². The Morgan fingerprint density at radius 3 is 2.33 bits per heavy atom. The Labute approximate surface area is 162 Å². The molecule has 2 heterocycles. The summed E-state index contributed by atoms with van der Waals surface area (Å²) in [5.74, 6) is 0.948. The monoisotopic (exact) mass is 379 g/mol. The summed E-state index contributed by atoms with van der Waals surface area (Å²) in [4.78, 5) is 13.1. The number of thiophene rings is 1. The molecule has 1 aliphatic rings. The van der Waals surface area contributed by atoms with Gasteiger partial charge in [-0.2, -0.15) is 11.3 Å². The molecule has 138 valence electrons. The van der Waals surface area contributed by atoms with Crippen molar-refractivity contribution in [1.82, 2.24) is 5.32 Å². The maximum Gasteiger partial charge on any atom is 0.232 e. The van der Waals surface area contributed by atoms with Crippen LogP contribution in [0.3, 0.4) is 0 Å². The second-order valence-electron chi connectivity index (χ2n) is 6.74. The van der Waals surface area contributed by atoms with E-state index in [-0.39, 0.29) is 18.4 Å². The molecule has 4 rings (SSSR count). The molecule has 0 saturated carbocycles. The van der Waals surface area contributed by atoms with Gasteiger partial charge in [0.05, 0.1) is 5.92 Å². The molecule has 0 aliphatic carbocycles. The van der Waals surface area contributed by atoms with Gasteiger partial charge in [0.25, 0.3) is 0 Å². The summed E-state index contributed by atoms with van der Waals surface area (Å²) in [6.07, 6.45) is 0.751. The molecule has 4 nitrogen and oxygen atoms in total. The molecular weight excluding hydrogens is 358 g/mol. The van der Waals surface area contributed by atoms with E-state index in [1.54, 1.807) is 11.3 Å². The highest BCUT2D eigenvalue weighted by molar-refractivity contribution is 7.07. The standard InChI is InChI=1S/C22H21NO3S/c24-13-16(11-15-9-10-27-14-15)12-23-22(25)21-17-5-1-3-7-19(17)26-20-8-4-2-6-18(20)21/h1-10,14,16,21,24H,11-13H2,(H,23,25)/t16-/m1/s1. The van der Waals surface area contributed by atoms with E-state index in [0.29, 0.717) is 18.0 Å². The smallest absolute Gasteiger partial charge is 0.232 e. The number of aliphatic hydroxyl groups excluding tert-OH is 1. The van der Waals surface area contributed by atoms with E-state index in [1.165, 1.54) is 5.56 Å². The Balaban J connectivity index is 1.53. The van der Waals surface area contributed by atoms with Gasteiger partial charge in [-0.3, -0.25) is 4.79 Å². The van der Waals surface area contributed by atoms with Gasteiger partial charge in [-0.15, -0.1) is 0 Å². The van der Waals surface area contributed by atoms with E-state index in [2.05, 4.69) is 16.8 Å². The first-order valence-electron chi connectivity index (χ1n) is 9.01. The normalized spacial score (nSPS) is 14.0. The first kappa shape index (κ1) is 17.8. The van der Waals surface area contributed by atoms with Crippen molar-refractivity contribution < 1.29 is 14.6 Å². The molecule has 0 radical (unpaired) electrons. The number of amides is 1. The van der Waals surface area contributed by atoms with Gasteiger partial charge < -0.3 is 15.2 Å². The van der Waals surface area contributed by atoms with Crippen LogP contribution in [0.25, 0.3) is 0 Å². The molecule has 1 aliphatic heterocycles. The number of para-hydroxylation sites is 2. The largest absolute Gasteiger partial charge is 0.457 e. The zero-order chi connectivity index (χ0) is 18.6. The zero-order valence-electron chi connectivity index (χ0n) is 14.8. The Bertz CT molecular complexity index is 877. The maximum absolute atomic E-state index is 13.1. The summed E-state index contributed by atoms with van der Waals surface area (Å²) in [6.45, 7) is 0.476. The van der Waals surface area contributed by atoms with Crippen LogP contribution in [-0.2, 0) is 11.2 Å². The number of hydrogen-bond donors (Lipinski definition) is 2. The van der Waals surface area contributed by atoms with Gasteiger partial charge in [-0.05, 0) is 40.9 Å². The van der Waals surface area contributed by atoms with E-state index in [0.717, 1.165) is 17.5 Å². The number of carbonyl (C=O) groups excluding carboxylic acids is 1. The van der Waals surface area contributed by atoms with Gasteiger partial charge in [0.2, 0.25) is 5.91 Å². The molecule has 0 fully saturated rings. The zero-order valence-corrected chi connectivity index (χ0v) is 15.6. The lowest BCUT2D eigenvalue weighted by molar-refractivity contribution is -0.122. The third-order valence-electron chi connectivity index (χ3n) is 4.87. The topological polar surface area (TPSA) is 58.6 Å². The molecule has 1 amide bonds. The first-order chi connectivity index (χ1) is 13.3. The summed E-state index contributed by atoms with van der Waals surface area (Å²) >= 11 is 1.64. The Hall–Kier alpha value is -2.63. The fourth-order valence-corrected chi connectivity index (χ4v) is 4.16. The van der Waals surface area contributed by atoms with Crippen molar-refractivity contribution in [2.45, 2.75) is 12.3 Å². The number of carbonyl (C=O) groups is 1. The first-order valence-corrected chi connectivity index (χ1v) is 9.96. The molecule has 0 spiro atoms. The van der Waals surface area contributed by atoms with Crippen molar-refractivity contribution >= 4 is 17.2 Å². The highest BCUT2D eigenvalue weighted by Crippen LogP contribution is 2.43. The van der Waals surface area contributed by atoms with Crippen molar-refractivity contribution in [2.75, 3.05) is 13.2 Å². The number of benzene rings is 2. The van der Waals surface area contributed by atoms with E-state index in [9.17, 15) is 9.90 Å². The molecule has 1 aromatic heterocycles. The minimum Gasteiger partial charge on any atom is -0.457 e. The van der Waals surface area contributed by atoms with Gasteiger partial charge in [0.15, 0.2) is 0 Å². The third kappa shape index (κ3) is 3.75. The van der Waals surface area contributed by atoms with Crippen molar-refractivity contribution in [3.8, 4) is 11.5 Å². The minimum atomic E-state index is -0.411. The Kier molecular flexibility index (Phi) is 5.23. The van der Waals surface area contributed by atoms with E-state index in [4.69, 9.17) is 4.74 Å². The Morgan fingerprint density at radius 1 is 1.07 bits per heavy atom. The van der Waals surface area contributed by atoms with Gasteiger partial charge in [-0.1, -0.05) is 36.4 Å².